The van der Waals surface area contributed by atoms with Crippen molar-refractivity contribution >= 4 is 34.1 Å². The highest BCUT2D eigenvalue weighted by molar-refractivity contribution is 6.04. The largest absolute Gasteiger partial charge is 0.322 e. The standard InChI is InChI=1S/C26H22N4O3/c1-17-27-23-6-3-2-5-22(23)26(33)30(17)21-12-8-18(9-13-21)25(32)28-19-10-14-20(15-11-19)29-16-4-7-24(29)31/h2-3,5-6,8-15H,4,7,16H2,1H3,(H,28,32). The molecule has 3 aromatic carbocycles. The molecule has 1 fully saturated rings. The van der Waals surface area contributed by atoms with E-state index in [2.05, 4.69) is 10.3 Å². The molecule has 1 aliphatic rings. The van der Waals surface area contributed by atoms with Crippen LogP contribution in [0, 0.1) is 6.92 Å². The molecule has 0 radical (unpaired) electrons. The van der Waals surface area contributed by atoms with E-state index >= 15 is 0 Å². The molecule has 7 nitrogen and oxygen atoms in total. The predicted octanol–water partition coefficient (Wildman–Crippen LogP) is 4.07. The first-order valence-corrected chi connectivity index (χ1v) is 10.8. The van der Waals surface area contributed by atoms with E-state index < -0.39 is 0 Å². The molecule has 4 aromatic rings. The smallest absolute Gasteiger partial charge is 0.265 e. The molecule has 1 saturated heterocycles. The monoisotopic (exact) mass is 438 g/mol. The van der Waals surface area contributed by atoms with Crippen molar-refractivity contribution in [2.75, 3.05) is 16.8 Å². The van der Waals surface area contributed by atoms with E-state index in [4.69, 9.17) is 0 Å². The summed E-state index contributed by atoms with van der Waals surface area (Å²) < 4.78 is 1.54. The van der Waals surface area contributed by atoms with Gasteiger partial charge in [-0.3, -0.25) is 19.0 Å². The number of fused-ring (bicyclic) bond motifs is 1. The minimum Gasteiger partial charge on any atom is -0.322 e. The van der Waals surface area contributed by atoms with Gasteiger partial charge >= 0.3 is 0 Å². The summed E-state index contributed by atoms with van der Waals surface area (Å²) in [6.07, 6.45) is 1.45. The molecular formula is C26H22N4O3. The zero-order chi connectivity index (χ0) is 22.9. The molecule has 0 aliphatic carbocycles. The van der Waals surface area contributed by atoms with E-state index in [-0.39, 0.29) is 17.4 Å². The minimum atomic E-state index is -0.257. The van der Waals surface area contributed by atoms with E-state index in [1.807, 2.05) is 30.3 Å². The normalized spacial score (nSPS) is 13.5. The maximum atomic E-state index is 13.0. The zero-order valence-corrected chi connectivity index (χ0v) is 18.1. The fourth-order valence-corrected chi connectivity index (χ4v) is 4.16. The Hall–Kier alpha value is -4.26. The molecule has 0 bridgehead atoms. The molecular weight excluding hydrogens is 416 g/mol. The lowest BCUT2D eigenvalue weighted by atomic mass is 10.1. The van der Waals surface area contributed by atoms with Crippen LogP contribution in [0.2, 0.25) is 0 Å². The van der Waals surface area contributed by atoms with E-state index in [0.717, 1.165) is 18.7 Å². The van der Waals surface area contributed by atoms with Crippen LogP contribution in [-0.2, 0) is 4.79 Å². The van der Waals surface area contributed by atoms with E-state index in [1.165, 1.54) is 0 Å². The first-order chi connectivity index (χ1) is 16.0. The molecule has 1 aromatic heterocycles. The first-order valence-electron chi connectivity index (χ1n) is 10.8. The topological polar surface area (TPSA) is 84.3 Å². The van der Waals surface area contributed by atoms with Crippen molar-refractivity contribution in [3.05, 3.63) is 94.5 Å². The van der Waals surface area contributed by atoms with Gasteiger partial charge in [-0.1, -0.05) is 12.1 Å². The highest BCUT2D eigenvalue weighted by Crippen LogP contribution is 2.23. The van der Waals surface area contributed by atoms with Crippen molar-refractivity contribution in [3.8, 4) is 5.69 Å². The van der Waals surface area contributed by atoms with Crippen LogP contribution in [0.4, 0.5) is 11.4 Å². The molecule has 0 spiro atoms. The minimum absolute atomic E-state index is 0.128. The molecule has 0 saturated carbocycles. The number of aryl methyl sites for hydroxylation is 1. The van der Waals surface area contributed by atoms with E-state index in [9.17, 15) is 14.4 Å². The average Bonchev–Trinajstić information content (AvgIpc) is 3.26. The molecule has 0 unspecified atom stereocenters. The second-order valence-electron chi connectivity index (χ2n) is 8.01. The number of nitrogens with one attached hydrogen (secondary N) is 1. The Morgan fingerprint density at radius 2 is 1.61 bits per heavy atom. The quantitative estimate of drug-likeness (QED) is 0.521. The van der Waals surface area contributed by atoms with Crippen LogP contribution < -0.4 is 15.8 Å². The fourth-order valence-electron chi connectivity index (χ4n) is 4.16. The van der Waals surface area contributed by atoms with Crippen LogP contribution in [0.5, 0.6) is 0 Å². The lowest BCUT2D eigenvalue weighted by molar-refractivity contribution is -0.117. The Balaban J connectivity index is 1.35. The van der Waals surface area contributed by atoms with Gasteiger partial charge in [0.1, 0.15) is 5.82 Å². The number of hydrogen-bond donors (Lipinski definition) is 1. The molecule has 2 amide bonds. The van der Waals surface area contributed by atoms with Gasteiger partial charge in [0, 0.05) is 29.9 Å². The lowest BCUT2D eigenvalue weighted by Gasteiger charge is -2.16. The average molecular weight is 438 g/mol. The highest BCUT2D eigenvalue weighted by Gasteiger charge is 2.21. The molecule has 164 valence electrons. The van der Waals surface area contributed by atoms with Gasteiger partial charge in [-0.05, 0) is 74.0 Å². The van der Waals surface area contributed by atoms with E-state index in [1.54, 1.807) is 58.9 Å². The Labute approximate surface area is 190 Å². The van der Waals surface area contributed by atoms with Gasteiger partial charge in [0.25, 0.3) is 11.5 Å². The van der Waals surface area contributed by atoms with Gasteiger partial charge in [-0.25, -0.2) is 4.98 Å². The zero-order valence-electron chi connectivity index (χ0n) is 18.1. The summed E-state index contributed by atoms with van der Waals surface area (Å²) in [5, 5.41) is 3.42. The van der Waals surface area contributed by atoms with Gasteiger partial charge in [0.2, 0.25) is 5.91 Å². The van der Waals surface area contributed by atoms with Crippen LogP contribution in [0.25, 0.3) is 16.6 Å². The summed E-state index contributed by atoms with van der Waals surface area (Å²) in [5.74, 6) is 0.447. The predicted molar refractivity (Wildman–Crippen MR) is 128 cm³/mol. The van der Waals surface area contributed by atoms with Crippen LogP contribution in [0.15, 0.2) is 77.6 Å². The molecule has 33 heavy (non-hydrogen) atoms. The number of aromatic nitrogens is 2. The van der Waals surface area contributed by atoms with Gasteiger partial charge in [-0.2, -0.15) is 0 Å². The maximum Gasteiger partial charge on any atom is 0.265 e. The molecule has 7 heteroatoms. The molecule has 0 atom stereocenters. The van der Waals surface area contributed by atoms with E-state index in [0.29, 0.717) is 40.1 Å². The highest BCUT2D eigenvalue weighted by atomic mass is 16.2. The lowest BCUT2D eigenvalue weighted by Crippen LogP contribution is -2.23. The Morgan fingerprint density at radius 1 is 0.909 bits per heavy atom. The number of para-hydroxylation sites is 1. The van der Waals surface area contributed by atoms with Crippen molar-refractivity contribution in [1.29, 1.82) is 0 Å². The molecule has 1 aliphatic heterocycles. The summed E-state index contributed by atoms with van der Waals surface area (Å²) in [4.78, 5) is 43.9. The van der Waals surface area contributed by atoms with Gasteiger partial charge in [0.05, 0.1) is 16.6 Å². The Morgan fingerprint density at radius 3 is 2.30 bits per heavy atom. The number of anilines is 2. The number of nitrogens with zero attached hydrogens (tertiary/aromatic N) is 3. The third kappa shape index (κ3) is 3.89. The third-order valence-electron chi connectivity index (χ3n) is 5.84. The number of benzene rings is 3. The summed E-state index contributed by atoms with van der Waals surface area (Å²) in [6.45, 7) is 2.51. The molecule has 2 heterocycles. The van der Waals surface area contributed by atoms with Crippen molar-refractivity contribution < 1.29 is 9.59 Å². The molecule has 5 rings (SSSR count). The first kappa shape index (κ1) is 20.6. The van der Waals surface area contributed by atoms with Crippen molar-refractivity contribution in [3.63, 3.8) is 0 Å². The third-order valence-corrected chi connectivity index (χ3v) is 5.84. The van der Waals surface area contributed by atoms with Gasteiger partial charge in [-0.15, -0.1) is 0 Å². The van der Waals surface area contributed by atoms with Crippen molar-refractivity contribution in [2.45, 2.75) is 19.8 Å². The number of carbonyl (C=O) groups is 2. The van der Waals surface area contributed by atoms with Crippen LogP contribution in [-0.4, -0.2) is 27.9 Å². The Kier molecular flexibility index (Phi) is 5.22. The fraction of sp³-hybridized carbons (Fsp3) is 0.154. The number of carbonyl (C=O) groups excluding carboxylic acids is 2. The summed E-state index contributed by atoms with van der Waals surface area (Å²) >= 11 is 0. The number of hydrogen-bond acceptors (Lipinski definition) is 4. The second-order valence-corrected chi connectivity index (χ2v) is 8.01. The van der Waals surface area contributed by atoms with Gasteiger partial charge in [0.15, 0.2) is 0 Å². The number of rotatable bonds is 4. The van der Waals surface area contributed by atoms with Crippen molar-refractivity contribution in [2.24, 2.45) is 0 Å². The summed E-state index contributed by atoms with van der Waals surface area (Å²) in [5.41, 5.74) is 3.11. The number of amides is 2. The summed E-state index contributed by atoms with van der Waals surface area (Å²) in [6, 6.07) is 21.3. The van der Waals surface area contributed by atoms with Gasteiger partial charge < -0.3 is 10.2 Å². The van der Waals surface area contributed by atoms with Crippen LogP contribution >= 0.6 is 0 Å². The van der Waals surface area contributed by atoms with Crippen molar-refractivity contribution in [1.82, 2.24) is 9.55 Å². The summed E-state index contributed by atoms with van der Waals surface area (Å²) in [7, 11) is 0. The Bertz CT molecular complexity index is 1420. The molecule has 1 N–H and O–H groups in total. The maximum absolute atomic E-state index is 13.0. The SMILES string of the molecule is Cc1nc2ccccc2c(=O)n1-c1ccc(C(=O)Nc2ccc(N3CCCC3=O)cc2)cc1. The van der Waals surface area contributed by atoms with Crippen LogP contribution in [0.1, 0.15) is 29.0 Å². The van der Waals surface area contributed by atoms with Crippen LogP contribution in [0.3, 0.4) is 0 Å². The second kappa shape index (κ2) is 8.35.